The lowest BCUT2D eigenvalue weighted by Crippen LogP contribution is -2.38. The molecule has 4 N–H and O–H groups in total. The van der Waals surface area contributed by atoms with E-state index >= 15 is 0 Å². The molecule has 30 heavy (non-hydrogen) atoms. The molecule has 0 bridgehead atoms. The standard InChI is InChI=1S/C19H16ClN3O5S2/c20-15-10-16-18(11-17(15)29(21,24)25)30(26,27)23-19(22-16)12-5-4-8-14(9-12)28-13-6-2-1-3-7-13/h1-11,19,22-23H,(H2,21,24,25)/t19-/m0/s1. The van der Waals surface area contributed by atoms with Crippen LogP contribution in [-0.4, -0.2) is 16.8 Å². The summed E-state index contributed by atoms with van der Waals surface area (Å²) in [5, 5.41) is 7.95. The average Bonchev–Trinajstić information content (AvgIpc) is 2.67. The maximum absolute atomic E-state index is 12.8. The summed E-state index contributed by atoms with van der Waals surface area (Å²) in [5.74, 6) is 1.16. The molecule has 1 heterocycles. The number of sulfonamides is 2. The lowest BCUT2D eigenvalue weighted by Gasteiger charge is -2.29. The molecule has 0 fully saturated rings. The molecule has 0 aromatic heterocycles. The second kappa shape index (κ2) is 7.56. The molecule has 1 aliphatic rings. The minimum Gasteiger partial charge on any atom is -0.457 e. The van der Waals surface area contributed by atoms with Crippen LogP contribution in [0, 0.1) is 0 Å². The van der Waals surface area contributed by atoms with Crippen molar-refractivity contribution in [3.63, 3.8) is 0 Å². The van der Waals surface area contributed by atoms with E-state index in [0.29, 0.717) is 17.1 Å². The Kier molecular flexibility index (Phi) is 5.20. The summed E-state index contributed by atoms with van der Waals surface area (Å²) < 4.78 is 57.1. The van der Waals surface area contributed by atoms with E-state index in [1.54, 1.807) is 36.4 Å². The van der Waals surface area contributed by atoms with E-state index in [1.807, 2.05) is 18.2 Å². The molecule has 0 saturated heterocycles. The van der Waals surface area contributed by atoms with Crippen molar-refractivity contribution in [2.24, 2.45) is 5.14 Å². The van der Waals surface area contributed by atoms with Crippen molar-refractivity contribution in [2.75, 3.05) is 5.32 Å². The highest BCUT2D eigenvalue weighted by molar-refractivity contribution is 7.90. The van der Waals surface area contributed by atoms with E-state index in [0.717, 1.165) is 6.07 Å². The minimum absolute atomic E-state index is 0.158. The summed E-state index contributed by atoms with van der Waals surface area (Å²) in [7, 11) is -8.23. The van der Waals surface area contributed by atoms with Crippen LogP contribution >= 0.6 is 11.6 Å². The molecule has 1 atom stereocenters. The quantitative estimate of drug-likeness (QED) is 0.543. The van der Waals surface area contributed by atoms with E-state index < -0.39 is 31.1 Å². The van der Waals surface area contributed by atoms with Gasteiger partial charge in [0.2, 0.25) is 20.0 Å². The van der Waals surface area contributed by atoms with Crippen LogP contribution in [0.1, 0.15) is 11.7 Å². The van der Waals surface area contributed by atoms with Gasteiger partial charge in [-0.25, -0.2) is 22.0 Å². The molecule has 1 aliphatic heterocycles. The summed E-state index contributed by atoms with van der Waals surface area (Å²) in [4.78, 5) is -0.726. The molecular formula is C19H16ClN3O5S2. The van der Waals surface area contributed by atoms with Gasteiger partial charge in [-0.1, -0.05) is 41.9 Å². The number of nitrogens with one attached hydrogen (secondary N) is 2. The maximum atomic E-state index is 12.8. The van der Waals surface area contributed by atoms with Crippen LogP contribution in [0.2, 0.25) is 5.02 Å². The van der Waals surface area contributed by atoms with Crippen molar-refractivity contribution in [1.29, 1.82) is 0 Å². The monoisotopic (exact) mass is 465 g/mol. The van der Waals surface area contributed by atoms with Gasteiger partial charge in [0.25, 0.3) is 0 Å². The summed E-state index contributed by atoms with van der Waals surface area (Å²) >= 11 is 6.01. The number of rotatable bonds is 4. The van der Waals surface area contributed by atoms with E-state index in [-0.39, 0.29) is 15.6 Å². The largest absolute Gasteiger partial charge is 0.457 e. The lowest BCUT2D eigenvalue weighted by molar-refractivity contribution is 0.481. The third-order valence-electron chi connectivity index (χ3n) is 4.37. The smallest absolute Gasteiger partial charge is 0.244 e. The van der Waals surface area contributed by atoms with Crippen LogP contribution < -0.4 is 19.9 Å². The highest BCUT2D eigenvalue weighted by Gasteiger charge is 2.32. The molecule has 0 radical (unpaired) electrons. The number of nitrogens with two attached hydrogens (primary N) is 1. The minimum atomic E-state index is -4.19. The number of hydrogen-bond donors (Lipinski definition) is 3. The molecule has 4 rings (SSSR count). The van der Waals surface area contributed by atoms with Crippen molar-refractivity contribution in [3.8, 4) is 11.5 Å². The van der Waals surface area contributed by atoms with Gasteiger partial charge in [-0.05, 0) is 42.0 Å². The van der Waals surface area contributed by atoms with Crippen LogP contribution in [0.3, 0.4) is 0 Å². The first-order valence-electron chi connectivity index (χ1n) is 8.61. The first kappa shape index (κ1) is 20.6. The van der Waals surface area contributed by atoms with Gasteiger partial charge in [0.05, 0.1) is 10.7 Å². The molecule has 8 nitrogen and oxygen atoms in total. The number of anilines is 1. The van der Waals surface area contributed by atoms with E-state index in [4.69, 9.17) is 21.5 Å². The fourth-order valence-electron chi connectivity index (χ4n) is 3.03. The third kappa shape index (κ3) is 4.13. The Hall–Kier alpha value is -2.63. The molecule has 11 heteroatoms. The van der Waals surface area contributed by atoms with Crippen LogP contribution in [0.4, 0.5) is 5.69 Å². The fourth-order valence-corrected chi connectivity index (χ4v) is 5.51. The Labute approximate surface area is 178 Å². The number of primary sulfonamides is 1. The van der Waals surface area contributed by atoms with Crippen molar-refractivity contribution in [3.05, 3.63) is 77.3 Å². The Morgan fingerprint density at radius 3 is 2.37 bits per heavy atom. The van der Waals surface area contributed by atoms with Crippen molar-refractivity contribution >= 4 is 37.3 Å². The Bertz CT molecular complexity index is 1330. The molecule has 3 aromatic carbocycles. The van der Waals surface area contributed by atoms with Gasteiger partial charge in [0.1, 0.15) is 27.5 Å². The second-order valence-corrected chi connectivity index (χ2v) is 10.1. The SMILES string of the molecule is NS(=O)(=O)c1cc2c(cc1Cl)N[C@H](c1cccc(Oc3ccccc3)c1)NS2(=O)=O. The number of hydrogen-bond acceptors (Lipinski definition) is 6. The van der Waals surface area contributed by atoms with E-state index in [2.05, 4.69) is 10.0 Å². The molecule has 0 unspecified atom stereocenters. The molecule has 0 saturated carbocycles. The van der Waals surface area contributed by atoms with Crippen molar-refractivity contribution < 1.29 is 21.6 Å². The molecule has 156 valence electrons. The van der Waals surface area contributed by atoms with Gasteiger partial charge in [-0.3, -0.25) is 0 Å². The zero-order valence-electron chi connectivity index (χ0n) is 15.2. The van der Waals surface area contributed by atoms with Gasteiger partial charge < -0.3 is 10.1 Å². The maximum Gasteiger partial charge on any atom is 0.244 e. The number of benzene rings is 3. The highest BCUT2D eigenvalue weighted by atomic mass is 35.5. The summed E-state index contributed by atoms with van der Waals surface area (Å²) in [6.07, 6.45) is -0.821. The third-order valence-corrected chi connectivity index (χ3v) is 7.21. The Morgan fingerprint density at radius 1 is 0.967 bits per heavy atom. The Balaban J connectivity index is 1.69. The average molecular weight is 466 g/mol. The number of halogens is 1. The van der Waals surface area contributed by atoms with Crippen molar-refractivity contribution in [1.82, 2.24) is 4.72 Å². The normalized spacial score (nSPS) is 17.6. The zero-order valence-corrected chi connectivity index (χ0v) is 17.6. The summed E-state index contributed by atoms with van der Waals surface area (Å²) in [6, 6.07) is 18.2. The zero-order chi connectivity index (χ0) is 21.5. The molecule has 0 amide bonds. The second-order valence-electron chi connectivity index (χ2n) is 6.51. The molecule has 0 aliphatic carbocycles. The van der Waals surface area contributed by atoms with Crippen molar-refractivity contribution in [2.45, 2.75) is 16.0 Å². The lowest BCUT2D eigenvalue weighted by atomic mass is 10.1. The van der Waals surface area contributed by atoms with Crippen LogP contribution in [0.5, 0.6) is 11.5 Å². The van der Waals surface area contributed by atoms with Crippen LogP contribution in [0.25, 0.3) is 0 Å². The summed E-state index contributed by atoms with van der Waals surface area (Å²) in [6.45, 7) is 0. The fraction of sp³-hybridized carbons (Fsp3) is 0.0526. The first-order valence-corrected chi connectivity index (χ1v) is 12.0. The number of fused-ring (bicyclic) bond motifs is 1. The number of para-hydroxylation sites is 1. The highest BCUT2D eigenvalue weighted by Crippen LogP contribution is 2.37. The first-order chi connectivity index (χ1) is 14.1. The summed E-state index contributed by atoms with van der Waals surface area (Å²) in [5.41, 5.74) is 0.745. The molecule has 0 spiro atoms. The molecule has 3 aromatic rings. The van der Waals surface area contributed by atoms with Gasteiger partial charge in [0.15, 0.2) is 0 Å². The van der Waals surface area contributed by atoms with E-state index in [1.165, 1.54) is 6.07 Å². The Morgan fingerprint density at radius 2 is 1.67 bits per heavy atom. The predicted molar refractivity (Wildman–Crippen MR) is 112 cm³/mol. The van der Waals surface area contributed by atoms with Gasteiger partial charge in [-0.2, -0.15) is 4.72 Å². The number of ether oxygens (including phenoxy) is 1. The van der Waals surface area contributed by atoms with Gasteiger partial charge >= 0.3 is 0 Å². The van der Waals surface area contributed by atoms with E-state index in [9.17, 15) is 16.8 Å². The van der Waals surface area contributed by atoms with Gasteiger partial charge in [-0.15, -0.1) is 0 Å². The molecular weight excluding hydrogens is 450 g/mol. The predicted octanol–water partition coefficient (Wildman–Crippen LogP) is 3.18. The van der Waals surface area contributed by atoms with Crippen LogP contribution in [-0.2, 0) is 20.0 Å². The van der Waals surface area contributed by atoms with Crippen LogP contribution in [0.15, 0.2) is 76.5 Å². The van der Waals surface area contributed by atoms with Gasteiger partial charge in [0, 0.05) is 0 Å². The topological polar surface area (TPSA) is 128 Å².